The third-order valence-corrected chi connectivity index (χ3v) is 7.15. The van der Waals surface area contributed by atoms with E-state index in [2.05, 4.69) is 26.2 Å². The number of nitrogens with zero attached hydrogens (tertiary/aromatic N) is 3. The van der Waals surface area contributed by atoms with E-state index in [9.17, 15) is 40.7 Å². The summed E-state index contributed by atoms with van der Waals surface area (Å²) in [5, 5.41) is 2.66. The first-order chi connectivity index (χ1) is 18.2. The number of hydrogen-bond acceptors (Lipinski definition) is 4. The highest BCUT2D eigenvalue weighted by Gasteiger charge is 2.48. The van der Waals surface area contributed by atoms with Gasteiger partial charge in [0, 0.05) is 35.3 Å². The average molecular weight is 617 g/mol. The standard InChI is InChI=1S/C25H19BrF6N4O3/c26-12-6-16(23(39)36-10-24(28,29)11-36)21(17(7-12)25(30,31)32)35-5-4-13(9-35)33-22(38)15-8-19(37)34-20-14(15)2-1-3-18(20)27/h1-3,6-8,13,18H,4-5,9-11H2,(H,33,38)/t13-,18?/m1/s1. The van der Waals surface area contributed by atoms with E-state index in [1.54, 1.807) is 0 Å². The highest BCUT2D eigenvalue weighted by atomic mass is 79.9. The Morgan fingerprint density at radius 2 is 1.90 bits per heavy atom. The lowest BCUT2D eigenvalue weighted by molar-refractivity contribution is -0.137. The van der Waals surface area contributed by atoms with Crippen LogP contribution >= 0.6 is 15.9 Å². The highest BCUT2D eigenvalue weighted by Crippen LogP contribution is 2.43. The third kappa shape index (κ3) is 5.25. The maximum atomic E-state index is 14.2. The molecule has 4 aliphatic rings. The Kier molecular flexibility index (Phi) is 6.72. The zero-order valence-electron chi connectivity index (χ0n) is 19.9. The van der Waals surface area contributed by atoms with Crippen molar-refractivity contribution < 1.29 is 40.7 Å². The Morgan fingerprint density at radius 3 is 2.56 bits per heavy atom. The molecule has 0 aromatic heterocycles. The molecule has 5 rings (SSSR count). The van der Waals surface area contributed by atoms with Crippen LogP contribution in [0.3, 0.4) is 0 Å². The van der Waals surface area contributed by atoms with Gasteiger partial charge in [-0.15, -0.1) is 0 Å². The van der Waals surface area contributed by atoms with Crippen molar-refractivity contribution in [3.05, 3.63) is 63.2 Å². The Morgan fingerprint density at radius 1 is 1.18 bits per heavy atom. The molecule has 2 saturated heterocycles. The van der Waals surface area contributed by atoms with Crippen LogP contribution in [0.1, 0.15) is 22.3 Å². The zero-order chi connectivity index (χ0) is 28.3. The van der Waals surface area contributed by atoms with Crippen LogP contribution < -0.4 is 10.2 Å². The minimum Gasteiger partial charge on any atom is -0.368 e. The number of hydrogen-bond donors (Lipinski definition) is 1. The minimum atomic E-state index is -4.87. The number of anilines is 1. The number of allylic oxidation sites excluding steroid dienone is 3. The molecule has 3 heterocycles. The van der Waals surface area contributed by atoms with Gasteiger partial charge in [0.25, 0.3) is 23.6 Å². The molecule has 3 amide bonds. The number of dihydropyridines is 1. The molecular weight excluding hydrogens is 598 g/mol. The Balaban J connectivity index is 1.39. The average Bonchev–Trinajstić information content (AvgIpc) is 3.29. The molecule has 1 aromatic carbocycles. The Bertz CT molecular complexity index is 1390. The van der Waals surface area contributed by atoms with Crippen molar-refractivity contribution in [1.82, 2.24) is 10.2 Å². The van der Waals surface area contributed by atoms with Crippen LogP contribution in [0.25, 0.3) is 0 Å². The fourth-order valence-corrected chi connectivity index (χ4v) is 5.41. The largest absolute Gasteiger partial charge is 0.418 e. The van der Waals surface area contributed by atoms with Gasteiger partial charge in [0.15, 0.2) is 6.17 Å². The molecule has 2 fully saturated rings. The van der Waals surface area contributed by atoms with Gasteiger partial charge in [-0.25, -0.2) is 18.2 Å². The van der Waals surface area contributed by atoms with Gasteiger partial charge in [0.05, 0.1) is 41.2 Å². The second kappa shape index (κ2) is 9.65. The van der Waals surface area contributed by atoms with Crippen molar-refractivity contribution >= 4 is 45.1 Å². The predicted octanol–water partition coefficient (Wildman–Crippen LogP) is 4.00. The molecule has 0 radical (unpaired) electrons. The van der Waals surface area contributed by atoms with Crippen LogP contribution in [0, 0.1) is 0 Å². The number of benzene rings is 1. The molecule has 3 aliphatic heterocycles. The topological polar surface area (TPSA) is 82.1 Å². The number of fused-ring (bicyclic) bond motifs is 1. The lowest BCUT2D eigenvalue weighted by atomic mass is 9.91. The van der Waals surface area contributed by atoms with E-state index < -0.39 is 71.9 Å². The van der Waals surface area contributed by atoms with E-state index in [1.165, 1.54) is 23.1 Å². The highest BCUT2D eigenvalue weighted by molar-refractivity contribution is 9.10. The predicted molar refractivity (Wildman–Crippen MR) is 131 cm³/mol. The summed E-state index contributed by atoms with van der Waals surface area (Å²) < 4.78 is 83.2. The first-order valence-electron chi connectivity index (χ1n) is 11.7. The molecule has 206 valence electrons. The van der Waals surface area contributed by atoms with Crippen molar-refractivity contribution in [2.75, 3.05) is 31.1 Å². The number of alkyl halides is 6. The molecule has 1 N–H and O–H groups in total. The van der Waals surface area contributed by atoms with Crippen molar-refractivity contribution in [3.8, 4) is 0 Å². The van der Waals surface area contributed by atoms with Gasteiger partial charge in [0.1, 0.15) is 0 Å². The second-order valence-corrected chi connectivity index (χ2v) is 10.4. The molecule has 0 saturated carbocycles. The molecular formula is C25H19BrF6N4O3. The Hall–Kier alpha value is -3.42. The van der Waals surface area contributed by atoms with E-state index in [0.717, 1.165) is 23.1 Å². The molecule has 2 atom stereocenters. The van der Waals surface area contributed by atoms with Crippen LogP contribution in [0.5, 0.6) is 0 Å². The van der Waals surface area contributed by atoms with Crippen molar-refractivity contribution in [2.24, 2.45) is 4.99 Å². The van der Waals surface area contributed by atoms with Crippen molar-refractivity contribution in [1.29, 1.82) is 0 Å². The minimum absolute atomic E-state index is 0.00870. The van der Waals surface area contributed by atoms with Gasteiger partial charge >= 0.3 is 6.18 Å². The summed E-state index contributed by atoms with van der Waals surface area (Å²) in [6.07, 6.45) is -1.42. The van der Waals surface area contributed by atoms with E-state index in [0.29, 0.717) is 0 Å². The first kappa shape index (κ1) is 27.2. The van der Waals surface area contributed by atoms with Crippen molar-refractivity contribution in [3.63, 3.8) is 0 Å². The third-order valence-electron chi connectivity index (χ3n) is 6.70. The summed E-state index contributed by atoms with van der Waals surface area (Å²) in [6.45, 7) is -1.93. The summed E-state index contributed by atoms with van der Waals surface area (Å²) in [5.74, 6) is -5.63. The lowest BCUT2D eigenvalue weighted by Crippen LogP contribution is -2.58. The maximum absolute atomic E-state index is 14.2. The van der Waals surface area contributed by atoms with Crippen LogP contribution in [-0.4, -0.2) is 72.6 Å². The summed E-state index contributed by atoms with van der Waals surface area (Å²) >= 11 is 2.98. The van der Waals surface area contributed by atoms with E-state index in [-0.39, 0.29) is 40.8 Å². The van der Waals surface area contributed by atoms with Gasteiger partial charge in [-0.2, -0.15) is 13.2 Å². The SMILES string of the molecule is O=C1C=C(C(=O)N[C@@H]2CCN(c3c(C(=O)N4CC(F)(F)C4)cc(Br)cc3C(F)(F)F)C2)C2=CC=CC(F)C2=N1. The molecule has 1 aromatic rings. The zero-order valence-corrected chi connectivity index (χ0v) is 21.5. The lowest BCUT2D eigenvalue weighted by Gasteiger charge is -2.39. The summed E-state index contributed by atoms with van der Waals surface area (Å²) in [4.78, 5) is 43.7. The number of rotatable bonds is 4. The molecule has 1 unspecified atom stereocenters. The molecule has 7 nitrogen and oxygen atoms in total. The van der Waals surface area contributed by atoms with Gasteiger partial charge in [0.2, 0.25) is 0 Å². The second-order valence-electron chi connectivity index (χ2n) is 9.53. The van der Waals surface area contributed by atoms with Gasteiger partial charge in [-0.3, -0.25) is 14.4 Å². The van der Waals surface area contributed by atoms with Crippen molar-refractivity contribution in [2.45, 2.75) is 30.7 Å². The molecule has 0 bridgehead atoms. The molecule has 0 spiro atoms. The first-order valence-corrected chi connectivity index (χ1v) is 12.5. The van der Waals surface area contributed by atoms with Gasteiger partial charge in [-0.05, 0) is 24.6 Å². The van der Waals surface area contributed by atoms with Crippen LogP contribution in [-0.2, 0) is 15.8 Å². The van der Waals surface area contributed by atoms with E-state index >= 15 is 0 Å². The molecule has 39 heavy (non-hydrogen) atoms. The summed E-state index contributed by atoms with van der Waals surface area (Å²) in [7, 11) is 0. The number of carbonyl (C=O) groups excluding carboxylic acids is 3. The van der Waals surface area contributed by atoms with Gasteiger partial charge in [-0.1, -0.05) is 28.1 Å². The van der Waals surface area contributed by atoms with E-state index in [1.807, 2.05) is 0 Å². The van der Waals surface area contributed by atoms with Gasteiger partial charge < -0.3 is 15.1 Å². The number of amides is 3. The summed E-state index contributed by atoms with van der Waals surface area (Å²) in [6, 6.07) is 1.27. The summed E-state index contributed by atoms with van der Waals surface area (Å²) in [5.41, 5.74) is -2.19. The smallest absolute Gasteiger partial charge is 0.368 e. The number of carbonyl (C=O) groups is 3. The molecule has 14 heteroatoms. The van der Waals surface area contributed by atoms with E-state index in [4.69, 9.17) is 0 Å². The van der Waals surface area contributed by atoms with Crippen LogP contribution in [0.2, 0.25) is 0 Å². The number of aliphatic imine (C=N–C) groups is 1. The maximum Gasteiger partial charge on any atom is 0.418 e. The normalized spacial score (nSPS) is 24.0. The molecule has 1 aliphatic carbocycles. The van der Waals surface area contributed by atoms with Crippen LogP contribution in [0.4, 0.5) is 32.0 Å². The fourth-order valence-electron chi connectivity index (χ4n) is 4.95. The number of nitrogens with one attached hydrogen (secondary N) is 1. The Labute approximate surface area is 226 Å². The fraction of sp³-hybridized carbons (Fsp3) is 0.360. The monoisotopic (exact) mass is 616 g/mol. The number of likely N-dealkylation sites (tertiary alicyclic amines) is 1. The number of halogens is 7. The van der Waals surface area contributed by atoms with Crippen LogP contribution in [0.15, 0.2) is 57.0 Å². The quantitative estimate of drug-likeness (QED) is 0.519.